The first-order valence-electron chi connectivity index (χ1n) is 5.36. The van der Waals surface area contributed by atoms with Crippen LogP contribution in [0, 0.1) is 6.92 Å². The van der Waals surface area contributed by atoms with Gasteiger partial charge in [0.1, 0.15) is 11.1 Å². The van der Waals surface area contributed by atoms with Crippen LogP contribution in [-0.4, -0.2) is 24.2 Å². The number of aryl methyl sites for hydroxylation is 1. The molecule has 1 unspecified atom stereocenters. The highest BCUT2D eigenvalue weighted by molar-refractivity contribution is 7.11. The first-order valence-corrected chi connectivity index (χ1v) is 6.17. The molecule has 0 aliphatic rings. The van der Waals surface area contributed by atoms with Gasteiger partial charge in [0.05, 0.1) is 6.61 Å². The molecule has 0 amide bonds. The number of hydrogen-bond donors (Lipinski definition) is 0. The third-order valence-corrected chi connectivity index (χ3v) is 3.18. The van der Waals surface area contributed by atoms with Crippen molar-refractivity contribution in [1.82, 2.24) is 4.98 Å². The van der Waals surface area contributed by atoms with E-state index in [4.69, 9.17) is 9.47 Å². The molecule has 0 saturated carbocycles. The number of carbonyl (C=O) groups excluding carboxylic acids is 1. The number of hydrogen-bond acceptors (Lipinski definition) is 5. The Labute approximate surface area is 99.6 Å². The van der Waals surface area contributed by atoms with Crippen molar-refractivity contribution >= 4 is 17.3 Å². The van der Waals surface area contributed by atoms with Crippen LogP contribution in [0.2, 0.25) is 0 Å². The van der Waals surface area contributed by atoms with Gasteiger partial charge >= 0.3 is 5.97 Å². The van der Waals surface area contributed by atoms with E-state index in [-0.39, 0.29) is 12.1 Å². The van der Waals surface area contributed by atoms with Gasteiger partial charge in [0.2, 0.25) is 0 Å². The lowest BCUT2D eigenvalue weighted by Crippen LogP contribution is -2.07. The van der Waals surface area contributed by atoms with Crippen molar-refractivity contribution in [1.29, 1.82) is 0 Å². The molecule has 1 atom stereocenters. The molecule has 0 aliphatic carbocycles. The molecule has 0 aliphatic heterocycles. The minimum Gasteiger partial charge on any atom is -0.461 e. The molecule has 90 valence electrons. The van der Waals surface area contributed by atoms with Crippen molar-refractivity contribution in [3.05, 3.63) is 15.6 Å². The zero-order valence-corrected chi connectivity index (χ0v) is 10.9. The standard InChI is InChI=1S/C11H17NO3S/c1-5-14-7(3)10-12-9(8(4)16-10)11(13)15-6-2/h7H,5-6H2,1-4H3. The van der Waals surface area contributed by atoms with Crippen molar-refractivity contribution in [3.63, 3.8) is 0 Å². The Morgan fingerprint density at radius 2 is 2.12 bits per heavy atom. The van der Waals surface area contributed by atoms with Crippen LogP contribution in [0.3, 0.4) is 0 Å². The molecule has 5 heteroatoms. The number of nitrogens with zero attached hydrogens (tertiary/aromatic N) is 1. The third-order valence-electron chi connectivity index (χ3n) is 2.05. The average molecular weight is 243 g/mol. The lowest BCUT2D eigenvalue weighted by atomic mass is 10.4. The summed E-state index contributed by atoms with van der Waals surface area (Å²) in [5.74, 6) is -0.355. The Morgan fingerprint density at radius 1 is 1.44 bits per heavy atom. The molecular weight excluding hydrogens is 226 g/mol. The number of ether oxygens (including phenoxy) is 2. The van der Waals surface area contributed by atoms with Crippen LogP contribution in [0.15, 0.2) is 0 Å². The summed E-state index contributed by atoms with van der Waals surface area (Å²) in [7, 11) is 0. The Kier molecular flexibility index (Phi) is 4.89. The molecule has 16 heavy (non-hydrogen) atoms. The number of rotatable bonds is 5. The summed E-state index contributed by atoms with van der Waals surface area (Å²) < 4.78 is 10.4. The molecule has 1 aromatic rings. The highest BCUT2D eigenvalue weighted by atomic mass is 32.1. The molecule has 1 rings (SSSR count). The number of carbonyl (C=O) groups is 1. The lowest BCUT2D eigenvalue weighted by molar-refractivity contribution is 0.0516. The number of aromatic nitrogens is 1. The quantitative estimate of drug-likeness (QED) is 0.746. The maximum Gasteiger partial charge on any atom is 0.358 e. The number of esters is 1. The molecule has 0 fully saturated rings. The van der Waals surface area contributed by atoms with E-state index in [9.17, 15) is 4.79 Å². The molecular formula is C11H17NO3S. The fourth-order valence-electron chi connectivity index (χ4n) is 1.30. The van der Waals surface area contributed by atoms with Gasteiger partial charge in [-0.1, -0.05) is 0 Å². The minimum absolute atomic E-state index is 0.0723. The van der Waals surface area contributed by atoms with Crippen LogP contribution in [0.4, 0.5) is 0 Å². The predicted molar refractivity (Wildman–Crippen MR) is 62.8 cm³/mol. The second-order valence-corrected chi connectivity index (χ2v) is 4.51. The normalized spacial score (nSPS) is 12.5. The summed E-state index contributed by atoms with van der Waals surface area (Å²) in [6, 6.07) is 0. The Balaban J connectivity index is 2.84. The van der Waals surface area contributed by atoms with Crippen molar-refractivity contribution in [2.45, 2.75) is 33.8 Å². The summed E-state index contributed by atoms with van der Waals surface area (Å²) in [4.78, 5) is 16.7. The van der Waals surface area contributed by atoms with Gasteiger partial charge in [0.25, 0.3) is 0 Å². The van der Waals surface area contributed by atoms with Gasteiger partial charge < -0.3 is 9.47 Å². The van der Waals surface area contributed by atoms with Crippen LogP contribution in [-0.2, 0) is 9.47 Å². The van der Waals surface area contributed by atoms with Gasteiger partial charge in [-0.25, -0.2) is 9.78 Å². The SMILES string of the molecule is CCOC(=O)c1nc(C(C)OCC)sc1C. The molecule has 1 heterocycles. The Bertz CT molecular complexity index is 362. The highest BCUT2D eigenvalue weighted by Crippen LogP contribution is 2.25. The smallest absolute Gasteiger partial charge is 0.358 e. The lowest BCUT2D eigenvalue weighted by Gasteiger charge is -2.06. The van der Waals surface area contributed by atoms with Gasteiger partial charge in [-0.15, -0.1) is 11.3 Å². The molecule has 0 aromatic carbocycles. The van der Waals surface area contributed by atoms with E-state index < -0.39 is 0 Å². The Morgan fingerprint density at radius 3 is 2.69 bits per heavy atom. The molecule has 0 saturated heterocycles. The highest BCUT2D eigenvalue weighted by Gasteiger charge is 2.19. The van der Waals surface area contributed by atoms with Crippen LogP contribution in [0.25, 0.3) is 0 Å². The van der Waals surface area contributed by atoms with Crippen LogP contribution >= 0.6 is 11.3 Å². The van der Waals surface area contributed by atoms with Gasteiger partial charge in [-0.05, 0) is 27.7 Å². The molecule has 0 radical (unpaired) electrons. The van der Waals surface area contributed by atoms with Crippen LogP contribution in [0.1, 0.15) is 47.2 Å². The maximum atomic E-state index is 11.5. The van der Waals surface area contributed by atoms with Crippen molar-refractivity contribution in [2.24, 2.45) is 0 Å². The third kappa shape index (κ3) is 3.02. The van der Waals surface area contributed by atoms with Crippen molar-refractivity contribution in [2.75, 3.05) is 13.2 Å². The van der Waals surface area contributed by atoms with Crippen LogP contribution < -0.4 is 0 Å². The summed E-state index contributed by atoms with van der Waals surface area (Å²) in [6.07, 6.45) is -0.0723. The van der Waals surface area contributed by atoms with E-state index in [0.29, 0.717) is 18.9 Å². The van der Waals surface area contributed by atoms with E-state index in [1.54, 1.807) is 6.92 Å². The first kappa shape index (κ1) is 13.1. The summed E-state index contributed by atoms with van der Waals surface area (Å²) in [5, 5.41) is 0.822. The first-order chi connectivity index (χ1) is 7.60. The molecule has 0 spiro atoms. The zero-order valence-electron chi connectivity index (χ0n) is 10.1. The summed E-state index contributed by atoms with van der Waals surface area (Å²) in [6.45, 7) is 8.51. The Hall–Kier alpha value is -0.940. The van der Waals surface area contributed by atoms with E-state index in [1.165, 1.54) is 11.3 Å². The predicted octanol–water partition coefficient (Wildman–Crippen LogP) is 2.73. The molecule has 0 bridgehead atoms. The minimum atomic E-state index is -0.355. The molecule has 1 aromatic heterocycles. The zero-order chi connectivity index (χ0) is 12.1. The van der Waals surface area contributed by atoms with Crippen LogP contribution in [0.5, 0.6) is 0 Å². The van der Waals surface area contributed by atoms with Gasteiger partial charge in [-0.3, -0.25) is 0 Å². The topological polar surface area (TPSA) is 48.4 Å². The van der Waals surface area contributed by atoms with Crippen molar-refractivity contribution < 1.29 is 14.3 Å². The van der Waals surface area contributed by atoms with Crippen molar-refractivity contribution in [3.8, 4) is 0 Å². The maximum absolute atomic E-state index is 11.5. The molecule has 4 nitrogen and oxygen atoms in total. The summed E-state index contributed by atoms with van der Waals surface area (Å²) >= 11 is 1.48. The largest absolute Gasteiger partial charge is 0.461 e. The fraction of sp³-hybridized carbons (Fsp3) is 0.636. The number of thiazole rings is 1. The van der Waals surface area contributed by atoms with E-state index in [1.807, 2.05) is 20.8 Å². The van der Waals surface area contributed by atoms with E-state index >= 15 is 0 Å². The monoisotopic (exact) mass is 243 g/mol. The van der Waals surface area contributed by atoms with E-state index in [0.717, 1.165) is 9.88 Å². The average Bonchev–Trinajstić information content (AvgIpc) is 2.61. The van der Waals surface area contributed by atoms with Gasteiger partial charge in [0, 0.05) is 11.5 Å². The van der Waals surface area contributed by atoms with Gasteiger partial charge in [-0.2, -0.15) is 0 Å². The second kappa shape index (κ2) is 5.96. The summed E-state index contributed by atoms with van der Waals surface area (Å²) in [5.41, 5.74) is 0.411. The second-order valence-electron chi connectivity index (χ2n) is 3.27. The van der Waals surface area contributed by atoms with Gasteiger partial charge in [0.15, 0.2) is 5.69 Å². The fourth-order valence-corrected chi connectivity index (χ4v) is 2.21. The van der Waals surface area contributed by atoms with E-state index in [2.05, 4.69) is 4.98 Å². The molecule has 0 N–H and O–H groups in total.